The van der Waals surface area contributed by atoms with Gasteiger partial charge >= 0.3 is 0 Å². The maximum Gasteiger partial charge on any atom is 0.221 e. The van der Waals surface area contributed by atoms with E-state index < -0.39 is 0 Å². The van der Waals surface area contributed by atoms with Crippen molar-refractivity contribution in [3.05, 3.63) is 0 Å². The highest BCUT2D eigenvalue weighted by Crippen LogP contribution is 1.99. The number of amides is 1. The Kier molecular flexibility index (Phi) is 6.57. The zero-order chi connectivity index (χ0) is 11.9. The van der Waals surface area contributed by atoms with E-state index >= 15 is 0 Å². The van der Waals surface area contributed by atoms with Crippen LogP contribution in [0.5, 0.6) is 0 Å². The number of carbonyl (C=O) groups excluding carboxylic acids is 1. The predicted molar refractivity (Wildman–Crippen MR) is 64.9 cm³/mol. The lowest BCUT2D eigenvalue weighted by Crippen LogP contribution is -2.40. The normalized spacial score (nSPS) is 11.9. The van der Waals surface area contributed by atoms with Crippen LogP contribution in [0.4, 0.5) is 0 Å². The van der Waals surface area contributed by atoms with Crippen molar-refractivity contribution in [2.24, 2.45) is 0 Å². The van der Waals surface area contributed by atoms with Crippen molar-refractivity contribution in [2.45, 2.75) is 65.5 Å². The average molecular weight is 214 g/mol. The Balaban J connectivity index is 3.66. The number of rotatable bonds is 6. The van der Waals surface area contributed by atoms with Crippen molar-refractivity contribution in [1.82, 2.24) is 10.6 Å². The summed E-state index contributed by atoms with van der Waals surface area (Å²) in [5.41, 5.74) is 0.0925. The minimum Gasteiger partial charge on any atom is -0.353 e. The quantitative estimate of drug-likeness (QED) is 0.710. The maximum absolute atomic E-state index is 11.5. The van der Waals surface area contributed by atoms with Gasteiger partial charge in [0.2, 0.25) is 5.91 Å². The zero-order valence-corrected chi connectivity index (χ0v) is 10.8. The van der Waals surface area contributed by atoms with E-state index in [1.54, 1.807) is 0 Å². The molecule has 0 unspecified atom stereocenters. The molecule has 0 aromatic carbocycles. The van der Waals surface area contributed by atoms with Crippen molar-refractivity contribution in [3.63, 3.8) is 0 Å². The molecule has 0 aromatic heterocycles. The Morgan fingerprint density at radius 3 is 2.13 bits per heavy atom. The molecule has 0 rings (SSSR count). The lowest BCUT2D eigenvalue weighted by Gasteiger charge is -2.21. The minimum absolute atomic E-state index is 0.0925. The molecule has 0 saturated heterocycles. The molecule has 0 aliphatic heterocycles. The summed E-state index contributed by atoms with van der Waals surface area (Å²) in [4.78, 5) is 11.5. The first kappa shape index (κ1) is 14.4. The summed E-state index contributed by atoms with van der Waals surface area (Å²) in [6, 6.07) is 0.340. The molecule has 0 aliphatic rings. The van der Waals surface area contributed by atoms with Gasteiger partial charge in [0.25, 0.3) is 0 Å². The molecule has 0 spiro atoms. The van der Waals surface area contributed by atoms with Crippen LogP contribution in [0.15, 0.2) is 0 Å². The molecule has 0 aliphatic carbocycles. The summed E-state index contributed by atoms with van der Waals surface area (Å²) in [5.74, 6) is 0.153. The second kappa shape index (κ2) is 6.83. The van der Waals surface area contributed by atoms with Gasteiger partial charge in [0.05, 0.1) is 0 Å². The van der Waals surface area contributed by atoms with Crippen LogP contribution in [0.25, 0.3) is 0 Å². The van der Waals surface area contributed by atoms with E-state index in [4.69, 9.17) is 0 Å². The van der Waals surface area contributed by atoms with Crippen molar-refractivity contribution in [1.29, 1.82) is 0 Å². The second-order valence-electron chi connectivity index (χ2n) is 5.01. The van der Waals surface area contributed by atoms with Gasteiger partial charge in [-0.3, -0.25) is 4.79 Å². The van der Waals surface area contributed by atoms with Crippen LogP contribution in [0.2, 0.25) is 0 Å². The lowest BCUT2D eigenvalue weighted by molar-refractivity contribution is -0.121. The second-order valence-corrected chi connectivity index (χ2v) is 5.01. The third-order valence-electron chi connectivity index (χ3n) is 2.36. The Bertz CT molecular complexity index is 181. The van der Waals surface area contributed by atoms with Gasteiger partial charge in [-0.25, -0.2) is 0 Å². The van der Waals surface area contributed by atoms with Crippen LogP contribution in [-0.4, -0.2) is 24.0 Å². The summed E-state index contributed by atoms with van der Waals surface area (Å²) in [6.45, 7) is 11.3. The first-order valence-electron chi connectivity index (χ1n) is 5.93. The smallest absolute Gasteiger partial charge is 0.221 e. The molecule has 0 aromatic rings. The fourth-order valence-electron chi connectivity index (χ4n) is 1.34. The van der Waals surface area contributed by atoms with Crippen molar-refractivity contribution < 1.29 is 4.79 Å². The standard InChI is InChI=1S/C12H26N2O/c1-6-10(7-2)14-11(15)8-9-13-12(3,4)5/h10,13H,6-9H2,1-5H3,(H,14,15). The number of hydrogen-bond donors (Lipinski definition) is 2. The van der Waals surface area contributed by atoms with E-state index in [1.165, 1.54) is 0 Å². The molecule has 0 fully saturated rings. The van der Waals surface area contributed by atoms with E-state index in [1.807, 2.05) is 0 Å². The van der Waals surface area contributed by atoms with Gasteiger partial charge in [-0.05, 0) is 33.6 Å². The van der Waals surface area contributed by atoms with Crippen molar-refractivity contribution >= 4 is 5.91 Å². The number of hydrogen-bond acceptors (Lipinski definition) is 2. The Labute approximate surface area is 94.0 Å². The van der Waals surface area contributed by atoms with Crippen LogP contribution in [-0.2, 0) is 4.79 Å². The highest BCUT2D eigenvalue weighted by Gasteiger charge is 2.11. The molecule has 0 saturated carbocycles. The van der Waals surface area contributed by atoms with Crippen LogP contribution >= 0.6 is 0 Å². The highest BCUT2D eigenvalue weighted by atomic mass is 16.1. The summed E-state index contributed by atoms with van der Waals surface area (Å²) in [5, 5.41) is 6.32. The molecular formula is C12H26N2O. The van der Waals surface area contributed by atoms with Gasteiger partial charge in [0, 0.05) is 24.5 Å². The Morgan fingerprint density at radius 1 is 1.20 bits per heavy atom. The Hall–Kier alpha value is -0.570. The molecular weight excluding hydrogens is 188 g/mol. The topological polar surface area (TPSA) is 41.1 Å². The summed E-state index contributed by atoms with van der Waals surface area (Å²) >= 11 is 0. The Morgan fingerprint density at radius 2 is 1.73 bits per heavy atom. The predicted octanol–water partition coefficient (Wildman–Crippen LogP) is 2.07. The monoisotopic (exact) mass is 214 g/mol. The van der Waals surface area contributed by atoms with Gasteiger partial charge in [-0.1, -0.05) is 13.8 Å². The summed E-state index contributed by atoms with van der Waals surface area (Å²) in [6.07, 6.45) is 2.58. The first-order valence-corrected chi connectivity index (χ1v) is 5.93. The van der Waals surface area contributed by atoms with Crippen LogP contribution < -0.4 is 10.6 Å². The van der Waals surface area contributed by atoms with Gasteiger partial charge in [0.15, 0.2) is 0 Å². The SMILES string of the molecule is CCC(CC)NC(=O)CCNC(C)(C)C. The van der Waals surface area contributed by atoms with Gasteiger partial charge in [0.1, 0.15) is 0 Å². The van der Waals surface area contributed by atoms with E-state index in [2.05, 4.69) is 45.3 Å². The fraction of sp³-hybridized carbons (Fsp3) is 0.917. The molecule has 0 atom stereocenters. The van der Waals surface area contributed by atoms with Gasteiger partial charge in [-0.15, -0.1) is 0 Å². The van der Waals surface area contributed by atoms with Crippen LogP contribution in [0, 0.1) is 0 Å². The largest absolute Gasteiger partial charge is 0.353 e. The number of nitrogens with one attached hydrogen (secondary N) is 2. The minimum atomic E-state index is 0.0925. The van der Waals surface area contributed by atoms with Gasteiger partial charge in [-0.2, -0.15) is 0 Å². The molecule has 0 heterocycles. The average Bonchev–Trinajstić information content (AvgIpc) is 2.12. The van der Waals surface area contributed by atoms with E-state index in [-0.39, 0.29) is 11.4 Å². The third-order valence-corrected chi connectivity index (χ3v) is 2.36. The van der Waals surface area contributed by atoms with E-state index in [0.29, 0.717) is 12.5 Å². The van der Waals surface area contributed by atoms with E-state index in [9.17, 15) is 4.79 Å². The highest BCUT2D eigenvalue weighted by molar-refractivity contribution is 5.76. The zero-order valence-electron chi connectivity index (χ0n) is 10.8. The van der Waals surface area contributed by atoms with Gasteiger partial charge < -0.3 is 10.6 Å². The molecule has 15 heavy (non-hydrogen) atoms. The van der Waals surface area contributed by atoms with E-state index in [0.717, 1.165) is 19.4 Å². The number of carbonyl (C=O) groups is 1. The third kappa shape index (κ3) is 8.43. The maximum atomic E-state index is 11.5. The molecule has 90 valence electrons. The molecule has 0 bridgehead atoms. The molecule has 0 radical (unpaired) electrons. The lowest BCUT2D eigenvalue weighted by atomic mass is 10.1. The van der Waals surface area contributed by atoms with Crippen molar-refractivity contribution in [2.75, 3.05) is 6.54 Å². The van der Waals surface area contributed by atoms with Crippen LogP contribution in [0.3, 0.4) is 0 Å². The molecule has 1 amide bonds. The summed E-state index contributed by atoms with van der Waals surface area (Å²) in [7, 11) is 0. The molecule has 2 N–H and O–H groups in total. The fourth-order valence-corrected chi connectivity index (χ4v) is 1.34. The van der Waals surface area contributed by atoms with Crippen LogP contribution in [0.1, 0.15) is 53.9 Å². The summed E-state index contributed by atoms with van der Waals surface area (Å²) < 4.78 is 0. The first-order chi connectivity index (χ1) is 6.89. The molecule has 3 heteroatoms. The molecule has 3 nitrogen and oxygen atoms in total. The van der Waals surface area contributed by atoms with Crippen molar-refractivity contribution in [3.8, 4) is 0 Å².